The first-order valence-electron chi connectivity index (χ1n) is 9.23. The van der Waals surface area contributed by atoms with Crippen molar-refractivity contribution in [2.75, 3.05) is 50.7 Å². The summed E-state index contributed by atoms with van der Waals surface area (Å²) in [6, 6.07) is 2.08. The standard InChI is InChI=1S/C18H27N5O2/c1-3-15-5-4-6-21(12-15)13-17(24)22-7-9-23(10-8-22)18-16(11-19)20-14(2)25-18/h15H,3-10,12-13H2,1-2H3/t15-/m0/s1. The molecule has 0 saturated carbocycles. The van der Waals surface area contributed by atoms with Crippen molar-refractivity contribution in [3.8, 4) is 6.07 Å². The van der Waals surface area contributed by atoms with Crippen LogP contribution in [-0.4, -0.2) is 66.5 Å². The first kappa shape index (κ1) is 17.7. The van der Waals surface area contributed by atoms with E-state index < -0.39 is 0 Å². The van der Waals surface area contributed by atoms with Gasteiger partial charge in [-0.1, -0.05) is 13.3 Å². The number of hydrogen-bond donors (Lipinski definition) is 0. The third kappa shape index (κ3) is 4.13. The predicted octanol–water partition coefficient (Wildman–Crippen LogP) is 1.63. The molecule has 0 bridgehead atoms. The molecule has 1 amide bonds. The SMILES string of the molecule is CC[C@H]1CCCN(CC(=O)N2CCN(c3oc(C)nc3C#N)CC2)C1. The maximum absolute atomic E-state index is 12.6. The Morgan fingerprint density at radius 3 is 2.76 bits per heavy atom. The minimum absolute atomic E-state index is 0.214. The molecular formula is C18H27N5O2. The fourth-order valence-corrected chi connectivity index (χ4v) is 3.78. The minimum Gasteiger partial charge on any atom is -0.424 e. The molecule has 0 N–H and O–H groups in total. The zero-order chi connectivity index (χ0) is 17.8. The van der Waals surface area contributed by atoms with E-state index in [4.69, 9.17) is 9.68 Å². The molecule has 3 rings (SSSR count). The van der Waals surface area contributed by atoms with Gasteiger partial charge in [-0.2, -0.15) is 5.26 Å². The number of oxazole rings is 1. The predicted molar refractivity (Wildman–Crippen MR) is 94.2 cm³/mol. The van der Waals surface area contributed by atoms with Crippen LogP contribution in [0.3, 0.4) is 0 Å². The van der Waals surface area contributed by atoms with Crippen LogP contribution in [0.1, 0.15) is 37.8 Å². The third-order valence-electron chi connectivity index (χ3n) is 5.28. The van der Waals surface area contributed by atoms with Crippen LogP contribution in [0, 0.1) is 24.2 Å². The molecule has 25 heavy (non-hydrogen) atoms. The van der Waals surface area contributed by atoms with Gasteiger partial charge < -0.3 is 14.2 Å². The number of amides is 1. The first-order valence-corrected chi connectivity index (χ1v) is 9.23. The molecule has 0 aromatic carbocycles. The van der Waals surface area contributed by atoms with Gasteiger partial charge in [0, 0.05) is 39.6 Å². The summed E-state index contributed by atoms with van der Waals surface area (Å²) in [5.74, 6) is 1.98. The van der Waals surface area contributed by atoms with E-state index in [1.54, 1.807) is 6.92 Å². The van der Waals surface area contributed by atoms with Crippen LogP contribution in [0.15, 0.2) is 4.42 Å². The highest BCUT2D eigenvalue weighted by molar-refractivity contribution is 5.78. The lowest BCUT2D eigenvalue weighted by atomic mass is 9.96. The zero-order valence-electron chi connectivity index (χ0n) is 15.2. The van der Waals surface area contributed by atoms with E-state index in [9.17, 15) is 4.79 Å². The van der Waals surface area contributed by atoms with Gasteiger partial charge >= 0.3 is 0 Å². The Bertz CT molecular complexity index is 642. The Morgan fingerprint density at radius 1 is 1.32 bits per heavy atom. The lowest BCUT2D eigenvalue weighted by Gasteiger charge is -2.37. The molecule has 7 heteroatoms. The van der Waals surface area contributed by atoms with Crippen molar-refractivity contribution < 1.29 is 9.21 Å². The van der Waals surface area contributed by atoms with Gasteiger partial charge in [-0.3, -0.25) is 9.69 Å². The molecule has 0 radical (unpaired) electrons. The summed E-state index contributed by atoms with van der Waals surface area (Å²) in [5, 5.41) is 9.16. The summed E-state index contributed by atoms with van der Waals surface area (Å²) in [5.41, 5.74) is 0.330. The van der Waals surface area contributed by atoms with Gasteiger partial charge in [0.05, 0.1) is 6.54 Å². The number of likely N-dealkylation sites (tertiary alicyclic amines) is 1. The fourth-order valence-electron chi connectivity index (χ4n) is 3.78. The van der Waals surface area contributed by atoms with Crippen molar-refractivity contribution >= 4 is 11.8 Å². The average molecular weight is 345 g/mol. The van der Waals surface area contributed by atoms with Crippen LogP contribution >= 0.6 is 0 Å². The Labute approximate surface area is 149 Å². The number of piperazine rings is 1. The fraction of sp³-hybridized carbons (Fsp3) is 0.722. The highest BCUT2D eigenvalue weighted by Crippen LogP contribution is 2.23. The number of aryl methyl sites for hydroxylation is 1. The minimum atomic E-state index is 0.214. The van der Waals surface area contributed by atoms with E-state index in [1.807, 2.05) is 9.80 Å². The van der Waals surface area contributed by atoms with E-state index in [0.717, 1.165) is 19.0 Å². The van der Waals surface area contributed by atoms with Gasteiger partial charge in [-0.05, 0) is 25.3 Å². The van der Waals surface area contributed by atoms with Crippen LogP contribution in [-0.2, 0) is 4.79 Å². The van der Waals surface area contributed by atoms with E-state index in [1.165, 1.54) is 19.3 Å². The van der Waals surface area contributed by atoms with E-state index in [0.29, 0.717) is 50.2 Å². The van der Waals surface area contributed by atoms with E-state index in [-0.39, 0.29) is 5.91 Å². The summed E-state index contributed by atoms with van der Waals surface area (Å²) in [7, 11) is 0. The van der Waals surface area contributed by atoms with Crippen molar-refractivity contribution in [2.24, 2.45) is 5.92 Å². The van der Waals surface area contributed by atoms with Crippen LogP contribution in [0.5, 0.6) is 0 Å². The maximum Gasteiger partial charge on any atom is 0.236 e. The number of nitrogens with zero attached hydrogens (tertiary/aromatic N) is 5. The smallest absolute Gasteiger partial charge is 0.236 e. The van der Waals surface area contributed by atoms with Gasteiger partial charge in [0.15, 0.2) is 5.89 Å². The Morgan fingerprint density at radius 2 is 2.08 bits per heavy atom. The second-order valence-electron chi connectivity index (χ2n) is 7.02. The molecule has 2 aliphatic rings. The summed E-state index contributed by atoms with van der Waals surface area (Å²) < 4.78 is 5.57. The normalized spacial score (nSPS) is 22.0. The number of nitriles is 1. The van der Waals surface area contributed by atoms with Gasteiger partial charge in [-0.15, -0.1) is 0 Å². The van der Waals surface area contributed by atoms with Crippen LogP contribution in [0.4, 0.5) is 5.88 Å². The molecule has 1 atom stereocenters. The number of aromatic nitrogens is 1. The van der Waals surface area contributed by atoms with Crippen molar-refractivity contribution in [1.82, 2.24) is 14.8 Å². The monoisotopic (exact) mass is 345 g/mol. The highest BCUT2D eigenvalue weighted by atomic mass is 16.4. The van der Waals surface area contributed by atoms with Gasteiger partial charge in [0.2, 0.25) is 17.5 Å². The Kier molecular flexibility index (Phi) is 5.59. The summed E-state index contributed by atoms with van der Waals surface area (Å²) in [6.07, 6.45) is 3.68. The molecule has 0 spiro atoms. The van der Waals surface area contributed by atoms with Crippen LogP contribution in [0.25, 0.3) is 0 Å². The van der Waals surface area contributed by atoms with Gasteiger partial charge in [-0.25, -0.2) is 4.98 Å². The second-order valence-corrected chi connectivity index (χ2v) is 7.02. The number of piperidine rings is 1. The van der Waals surface area contributed by atoms with Crippen molar-refractivity contribution in [1.29, 1.82) is 5.26 Å². The van der Waals surface area contributed by atoms with Gasteiger partial charge in [0.1, 0.15) is 6.07 Å². The summed E-state index contributed by atoms with van der Waals surface area (Å²) in [6.45, 7) is 9.25. The number of hydrogen-bond acceptors (Lipinski definition) is 6. The molecule has 2 saturated heterocycles. The molecule has 3 heterocycles. The number of carbonyl (C=O) groups is 1. The summed E-state index contributed by atoms with van der Waals surface area (Å²) in [4.78, 5) is 23.0. The lowest BCUT2D eigenvalue weighted by molar-refractivity contribution is -0.133. The van der Waals surface area contributed by atoms with E-state index >= 15 is 0 Å². The lowest BCUT2D eigenvalue weighted by Crippen LogP contribution is -2.52. The molecule has 0 unspecified atom stereocenters. The highest BCUT2D eigenvalue weighted by Gasteiger charge is 2.27. The average Bonchev–Trinajstić information content (AvgIpc) is 3.03. The zero-order valence-corrected chi connectivity index (χ0v) is 15.2. The Hall–Kier alpha value is -2.07. The number of carbonyl (C=O) groups excluding carboxylic acids is 1. The molecule has 2 aliphatic heterocycles. The Balaban J connectivity index is 1.51. The number of rotatable bonds is 4. The molecular weight excluding hydrogens is 318 g/mol. The van der Waals surface area contributed by atoms with Crippen molar-refractivity contribution in [3.05, 3.63) is 11.6 Å². The summed E-state index contributed by atoms with van der Waals surface area (Å²) >= 11 is 0. The molecule has 136 valence electrons. The van der Waals surface area contributed by atoms with Crippen molar-refractivity contribution in [2.45, 2.75) is 33.1 Å². The number of anilines is 1. The third-order valence-corrected chi connectivity index (χ3v) is 5.28. The molecule has 2 fully saturated rings. The van der Waals surface area contributed by atoms with Crippen LogP contribution < -0.4 is 4.90 Å². The maximum atomic E-state index is 12.6. The molecule has 1 aromatic heterocycles. The largest absolute Gasteiger partial charge is 0.424 e. The van der Waals surface area contributed by atoms with E-state index in [2.05, 4.69) is 22.9 Å². The molecule has 7 nitrogen and oxygen atoms in total. The van der Waals surface area contributed by atoms with Crippen LogP contribution in [0.2, 0.25) is 0 Å². The first-order chi connectivity index (χ1) is 12.1. The molecule has 1 aromatic rings. The van der Waals surface area contributed by atoms with Crippen molar-refractivity contribution in [3.63, 3.8) is 0 Å². The molecule has 0 aliphatic carbocycles. The second kappa shape index (κ2) is 7.87. The van der Waals surface area contributed by atoms with Gasteiger partial charge in [0.25, 0.3) is 0 Å². The quantitative estimate of drug-likeness (QED) is 0.825. The topological polar surface area (TPSA) is 76.6 Å².